The van der Waals surface area contributed by atoms with Crippen molar-refractivity contribution in [3.8, 4) is 0 Å². The molecule has 0 heterocycles. The molecule has 1 aromatic rings. The zero-order valence-corrected chi connectivity index (χ0v) is 10.8. The van der Waals surface area contributed by atoms with Gasteiger partial charge in [-0.05, 0) is 37.0 Å². The van der Waals surface area contributed by atoms with Gasteiger partial charge in [0.2, 0.25) is 5.91 Å². The summed E-state index contributed by atoms with van der Waals surface area (Å²) in [5.74, 6) is -0.484. The Morgan fingerprint density at radius 1 is 1.44 bits per heavy atom. The highest BCUT2D eigenvalue weighted by molar-refractivity contribution is 6.31. The van der Waals surface area contributed by atoms with Crippen molar-refractivity contribution in [2.75, 3.05) is 0 Å². The second-order valence-electron chi connectivity index (χ2n) is 4.61. The number of primary amides is 1. The highest BCUT2D eigenvalue weighted by Crippen LogP contribution is 2.24. The molecule has 0 spiro atoms. The molecule has 1 aliphatic carbocycles. The van der Waals surface area contributed by atoms with Gasteiger partial charge in [0.15, 0.2) is 0 Å². The van der Waals surface area contributed by atoms with Crippen molar-refractivity contribution >= 4 is 17.5 Å². The summed E-state index contributed by atoms with van der Waals surface area (Å²) in [5, 5.41) is 0.498. The molecular weight excluding hydrogens is 252 g/mol. The number of benzene rings is 1. The Kier molecular flexibility index (Phi) is 4.22. The van der Waals surface area contributed by atoms with Crippen molar-refractivity contribution in [1.82, 2.24) is 0 Å². The fourth-order valence-corrected chi connectivity index (χ4v) is 2.41. The summed E-state index contributed by atoms with van der Waals surface area (Å²) in [6, 6.07) is 5.11. The van der Waals surface area contributed by atoms with Crippen LogP contribution in [0.25, 0.3) is 0 Å². The van der Waals surface area contributed by atoms with Gasteiger partial charge in [0.25, 0.3) is 0 Å². The number of rotatable bonds is 4. The van der Waals surface area contributed by atoms with Crippen LogP contribution < -0.4 is 11.5 Å². The van der Waals surface area contributed by atoms with E-state index in [1.807, 2.05) is 0 Å². The SMILES string of the molecule is NC(=O)c1ccc(COC2CCCC2N)c(Cl)c1. The smallest absolute Gasteiger partial charge is 0.248 e. The monoisotopic (exact) mass is 268 g/mol. The Bertz CT molecular complexity index is 451. The Hall–Kier alpha value is -1.10. The Balaban J connectivity index is 1.99. The molecule has 0 radical (unpaired) electrons. The van der Waals surface area contributed by atoms with E-state index in [9.17, 15) is 4.79 Å². The molecule has 5 heteroatoms. The maximum atomic E-state index is 11.0. The average Bonchev–Trinajstić information content (AvgIpc) is 2.73. The molecule has 1 aliphatic rings. The van der Waals surface area contributed by atoms with Crippen LogP contribution in [0.3, 0.4) is 0 Å². The van der Waals surface area contributed by atoms with E-state index in [0.717, 1.165) is 24.8 Å². The number of halogens is 1. The van der Waals surface area contributed by atoms with Gasteiger partial charge >= 0.3 is 0 Å². The summed E-state index contributed by atoms with van der Waals surface area (Å²) in [6.07, 6.45) is 3.23. The highest BCUT2D eigenvalue weighted by Gasteiger charge is 2.24. The second kappa shape index (κ2) is 5.69. The molecule has 0 bridgehead atoms. The third-order valence-corrected chi connectivity index (χ3v) is 3.65. The van der Waals surface area contributed by atoms with E-state index >= 15 is 0 Å². The van der Waals surface area contributed by atoms with Gasteiger partial charge in [-0.2, -0.15) is 0 Å². The van der Waals surface area contributed by atoms with Gasteiger partial charge in [0.05, 0.1) is 12.7 Å². The minimum absolute atomic E-state index is 0.108. The first-order chi connectivity index (χ1) is 8.58. The number of carbonyl (C=O) groups excluding carboxylic acids is 1. The molecule has 0 saturated heterocycles. The predicted molar refractivity (Wildman–Crippen MR) is 70.4 cm³/mol. The van der Waals surface area contributed by atoms with Crippen molar-refractivity contribution in [3.63, 3.8) is 0 Å². The van der Waals surface area contributed by atoms with Gasteiger partial charge in [0, 0.05) is 16.6 Å². The van der Waals surface area contributed by atoms with E-state index in [-0.39, 0.29) is 12.1 Å². The minimum Gasteiger partial charge on any atom is -0.372 e. The second-order valence-corrected chi connectivity index (χ2v) is 5.02. The molecule has 98 valence electrons. The molecular formula is C13H17ClN2O2. The lowest BCUT2D eigenvalue weighted by molar-refractivity contribution is 0.0357. The van der Waals surface area contributed by atoms with Crippen LogP contribution in [0.1, 0.15) is 35.2 Å². The Morgan fingerprint density at radius 3 is 2.78 bits per heavy atom. The highest BCUT2D eigenvalue weighted by atomic mass is 35.5. The topological polar surface area (TPSA) is 78.3 Å². The van der Waals surface area contributed by atoms with Crippen molar-refractivity contribution in [1.29, 1.82) is 0 Å². The molecule has 18 heavy (non-hydrogen) atoms. The maximum absolute atomic E-state index is 11.0. The van der Waals surface area contributed by atoms with Crippen LogP contribution in [-0.2, 0) is 11.3 Å². The number of hydrogen-bond acceptors (Lipinski definition) is 3. The van der Waals surface area contributed by atoms with Gasteiger partial charge in [0.1, 0.15) is 0 Å². The minimum atomic E-state index is -0.484. The van der Waals surface area contributed by atoms with Crippen LogP contribution >= 0.6 is 11.6 Å². The first-order valence-corrected chi connectivity index (χ1v) is 6.41. The number of nitrogens with two attached hydrogens (primary N) is 2. The molecule has 2 rings (SSSR count). The van der Waals surface area contributed by atoms with Gasteiger partial charge in [-0.25, -0.2) is 0 Å². The van der Waals surface area contributed by atoms with E-state index in [1.54, 1.807) is 18.2 Å². The molecule has 2 unspecified atom stereocenters. The van der Waals surface area contributed by atoms with Crippen molar-refractivity contribution in [2.45, 2.75) is 38.0 Å². The fraction of sp³-hybridized carbons (Fsp3) is 0.462. The predicted octanol–water partition coefficient (Wildman–Crippen LogP) is 1.84. The van der Waals surface area contributed by atoms with Crippen LogP contribution in [0.15, 0.2) is 18.2 Å². The van der Waals surface area contributed by atoms with Gasteiger partial charge < -0.3 is 16.2 Å². The first-order valence-electron chi connectivity index (χ1n) is 6.03. The number of carbonyl (C=O) groups is 1. The van der Waals surface area contributed by atoms with Gasteiger partial charge in [-0.3, -0.25) is 4.79 Å². The largest absolute Gasteiger partial charge is 0.372 e. The Labute approximate surface area is 111 Å². The number of ether oxygens (including phenoxy) is 1. The fourth-order valence-electron chi connectivity index (χ4n) is 2.18. The van der Waals surface area contributed by atoms with Crippen molar-refractivity contribution in [2.24, 2.45) is 11.5 Å². The van der Waals surface area contributed by atoms with Crippen LogP contribution in [-0.4, -0.2) is 18.1 Å². The molecule has 4 N–H and O–H groups in total. The van der Waals surface area contributed by atoms with E-state index in [2.05, 4.69) is 0 Å². The summed E-state index contributed by atoms with van der Waals surface area (Å²) in [7, 11) is 0. The van der Waals surface area contributed by atoms with E-state index in [4.69, 9.17) is 27.8 Å². The summed E-state index contributed by atoms with van der Waals surface area (Å²) in [4.78, 5) is 11.0. The molecule has 4 nitrogen and oxygen atoms in total. The van der Waals surface area contributed by atoms with Crippen LogP contribution in [0.5, 0.6) is 0 Å². The normalized spacial score (nSPS) is 23.2. The van der Waals surface area contributed by atoms with E-state index < -0.39 is 5.91 Å². The van der Waals surface area contributed by atoms with Crippen molar-refractivity contribution < 1.29 is 9.53 Å². The lowest BCUT2D eigenvalue weighted by Gasteiger charge is -2.17. The molecule has 2 atom stereocenters. The summed E-state index contributed by atoms with van der Waals surface area (Å²) in [6.45, 7) is 0.413. The third kappa shape index (κ3) is 3.02. The van der Waals surface area contributed by atoms with E-state index in [1.165, 1.54) is 0 Å². The maximum Gasteiger partial charge on any atom is 0.248 e. The van der Waals surface area contributed by atoms with E-state index in [0.29, 0.717) is 17.2 Å². The zero-order valence-electron chi connectivity index (χ0n) is 10.1. The number of amides is 1. The van der Waals surface area contributed by atoms with Gasteiger partial charge in [-0.15, -0.1) is 0 Å². The molecule has 1 aromatic carbocycles. The first kappa shape index (κ1) is 13.3. The van der Waals surface area contributed by atoms with Gasteiger partial charge in [-0.1, -0.05) is 17.7 Å². The lowest BCUT2D eigenvalue weighted by atomic mass is 10.1. The summed E-state index contributed by atoms with van der Waals surface area (Å²) in [5.41, 5.74) is 12.4. The molecule has 0 aliphatic heterocycles. The average molecular weight is 269 g/mol. The van der Waals surface area contributed by atoms with Crippen LogP contribution in [0.4, 0.5) is 0 Å². The molecule has 1 amide bonds. The van der Waals surface area contributed by atoms with Crippen molar-refractivity contribution in [3.05, 3.63) is 34.3 Å². The quantitative estimate of drug-likeness (QED) is 0.874. The number of hydrogen-bond donors (Lipinski definition) is 2. The summed E-state index contributed by atoms with van der Waals surface area (Å²) >= 11 is 6.08. The van der Waals surface area contributed by atoms with Crippen LogP contribution in [0.2, 0.25) is 5.02 Å². The standard InChI is InChI=1S/C13H17ClN2O2/c14-10-6-8(13(16)17)4-5-9(10)7-18-12-3-1-2-11(12)15/h4-6,11-12H,1-3,7,15H2,(H2,16,17). The summed E-state index contributed by atoms with van der Waals surface area (Å²) < 4.78 is 5.76. The van der Waals surface area contributed by atoms with Crippen LogP contribution in [0, 0.1) is 0 Å². The molecule has 1 saturated carbocycles. The Morgan fingerprint density at radius 2 is 2.22 bits per heavy atom. The zero-order chi connectivity index (χ0) is 13.1. The molecule has 0 aromatic heterocycles. The lowest BCUT2D eigenvalue weighted by Crippen LogP contribution is -2.31. The third-order valence-electron chi connectivity index (χ3n) is 3.29. The molecule has 1 fully saturated rings.